The average Bonchev–Trinajstić information content (AvgIpc) is 2.94. The molecule has 1 atom stereocenters. The minimum absolute atomic E-state index is 0.0646. The number of aliphatic carboxylic acids is 1. The number of carbonyl (C=O) groups excluding carboxylic acids is 2. The van der Waals surface area contributed by atoms with Gasteiger partial charge in [-0.3, -0.25) is 9.59 Å². The number of carboxylic acid groups (broad SMARTS) is 1. The number of benzene rings is 1. The number of hydrogen-bond acceptors (Lipinski definition) is 3. The van der Waals surface area contributed by atoms with Crippen molar-refractivity contribution < 1.29 is 23.9 Å². The van der Waals surface area contributed by atoms with Crippen LogP contribution in [0.2, 0.25) is 0 Å². The molecule has 22 heavy (non-hydrogen) atoms. The summed E-state index contributed by atoms with van der Waals surface area (Å²) in [6.45, 7) is 0.404. The fourth-order valence-corrected chi connectivity index (χ4v) is 2.48. The Morgan fingerprint density at radius 2 is 2.09 bits per heavy atom. The lowest BCUT2D eigenvalue weighted by atomic mass is 10.2. The molecular weight excluding hydrogens is 291 g/mol. The van der Waals surface area contributed by atoms with Crippen LogP contribution in [0.15, 0.2) is 24.3 Å². The minimum Gasteiger partial charge on any atom is -0.480 e. The molecule has 0 spiro atoms. The van der Waals surface area contributed by atoms with Crippen LogP contribution in [-0.4, -0.2) is 40.4 Å². The molecule has 7 heteroatoms. The van der Waals surface area contributed by atoms with Gasteiger partial charge in [0, 0.05) is 25.1 Å². The summed E-state index contributed by atoms with van der Waals surface area (Å²) in [6.07, 6.45) is 0.956. The Kier molecular flexibility index (Phi) is 5.08. The van der Waals surface area contributed by atoms with E-state index in [1.54, 1.807) is 6.07 Å². The van der Waals surface area contributed by atoms with Gasteiger partial charge in [0.2, 0.25) is 11.8 Å². The number of amides is 2. The van der Waals surface area contributed by atoms with Crippen molar-refractivity contribution in [3.63, 3.8) is 0 Å². The molecule has 1 heterocycles. The zero-order valence-electron chi connectivity index (χ0n) is 11.9. The molecule has 2 amide bonds. The van der Waals surface area contributed by atoms with Gasteiger partial charge in [0.25, 0.3) is 0 Å². The number of anilines is 1. The van der Waals surface area contributed by atoms with Crippen LogP contribution in [-0.2, 0) is 14.4 Å². The molecule has 1 fully saturated rings. The molecule has 1 aromatic carbocycles. The first-order chi connectivity index (χ1) is 10.5. The first-order valence-electron chi connectivity index (χ1n) is 7.05. The van der Waals surface area contributed by atoms with E-state index in [-0.39, 0.29) is 18.7 Å². The molecule has 1 aliphatic heterocycles. The molecule has 1 aliphatic rings. The lowest BCUT2D eigenvalue weighted by Crippen LogP contribution is -2.40. The van der Waals surface area contributed by atoms with Crippen molar-refractivity contribution in [2.45, 2.75) is 31.7 Å². The number of halogens is 1. The summed E-state index contributed by atoms with van der Waals surface area (Å²) in [7, 11) is 0. The zero-order valence-corrected chi connectivity index (χ0v) is 11.9. The van der Waals surface area contributed by atoms with E-state index in [0.29, 0.717) is 25.1 Å². The summed E-state index contributed by atoms with van der Waals surface area (Å²) < 4.78 is 13.0. The standard InChI is InChI=1S/C15H17FN2O4/c16-10-3-1-4-11(9-10)17-13(19)6-7-14(20)18-8-2-5-12(18)15(21)22/h1,3-4,9,12H,2,5-8H2,(H,17,19)(H,21,22). The highest BCUT2D eigenvalue weighted by Crippen LogP contribution is 2.19. The second-order valence-corrected chi connectivity index (χ2v) is 5.14. The molecule has 0 radical (unpaired) electrons. The van der Waals surface area contributed by atoms with E-state index < -0.39 is 23.7 Å². The summed E-state index contributed by atoms with van der Waals surface area (Å²) in [6, 6.07) is 4.67. The van der Waals surface area contributed by atoms with Crippen molar-refractivity contribution in [2.75, 3.05) is 11.9 Å². The van der Waals surface area contributed by atoms with E-state index in [0.717, 1.165) is 0 Å². The normalized spacial score (nSPS) is 17.3. The number of likely N-dealkylation sites (tertiary alicyclic amines) is 1. The molecule has 0 bridgehead atoms. The highest BCUT2D eigenvalue weighted by molar-refractivity contribution is 5.93. The topological polar surface area (TPSA) is 86.7 Å². The van der Waals surface area contributed by atoms with Crippen molar-refractivity contribution in [1.82, 2.24) is 4.90 Å². The third-order valence-electron chi connectivity index (χ3n) is 3.53. The second-order valence-electron chi connectivity index (χ2n) is 5.14. The predicted molar refractivity (Wildman–Crippen MR) is 76.6 cm³/mol. The fraction of sp³-hybridized carbons (Fsp3) is 0.400. The van der Waals surface area contributed by atoms with Crippen LogP contribution in [0.3, 0.4) is 0 Å². The monoisotopic (exact) mass is 308 g/mol. The molecular formula is C15H17FN2O4. The van der Waals surface area contributed by atoms with Crippen LogP contribution in [0.4, 0.5) is 10.1 Å². The van der Waals surface area contributed by atoms with Gasteiger partial charge in [-0.05, 0) is 31.0 Å². The summed E-state index contributed by atoms with van der Waals surface area (Å²) in [5, 5.41) is 11.5. The van der Waals surface area contributed by atoms with Gasteiger partial charge in [-0.1, -0.05) is 6.07 Å². The van der Waals surface area contributed by atoms with Crippen LogP contribution < -0.4 is 5.32 Å². The highest BCUT2D eigenvalue weighted by atomic mass is 19.1. The quantitative estimate of drug-likeness (QED) is 0.865. The van der Waals surface area contributed by atoms with E-state index in [9.17, 15) is 18.8 Å². The first kappa shape index (κ1) is 15.9. The van der Waals surface area contributed by atoms with Crippen LogP contribution in [0.1, 0.15) is 25.7 Å². The Bertz CT molecular complexity index is 591. The maximum Gasteiger partial charge on any atom is 0.326 e. The highest BCUT2D eigenvalue weighted by Gasteiger charge is 2.33. The van der Waals surface area contributed by atoms with Crippen LogP contribution >= 0.6 is 0 Å². The van der Waals surface area contributed by atoms with Gasteiger partial charge in [-0.15, -0.1) is 0 Å². The average molecular weight is 308 g/mol. The number of hydrogen-bond donors (Lipinski definition) is 2. The van der Waals surface area contributed by atoms with Crippen LogP contribution in [0, 0.1) is 5.82 Å². The summed E-state index contributed by atoms with van der Waals surface area (Å²) in [5.74, 6) is -2.24. The Morgan fingerprint density at radius 1 is 1.32 bits per heavy atom. The molecule has 2 N–H and O–H groups in total. The number of carboxylic acids is 1. The van der Waals surface area contributed by atoms with Crippen molar-refractivity contribution in [2.24, 2.45) is 0 Å². The molecule has 0 aliphatic carbocycles. The smallest absolute Gasteiger partial charge is 0.326 e. The van der Waals surface area contributed by atoms with E-state index in [1.807, 2.05) is 0 Å². The van der Waals surface area contributed by atoms with E-state index in [2.05, 4.69) is 5.32 Å². The molecule has 1 aromatic rings. The second kappa shape index (κ2) is 7.02. The molecule has 118 valence electrons. The fourth-order valence-electron chi connectivity index (χ4n) is 2.48. The van der Waals surface area contributed by atoms with Crippen molar-refractivity contribution in [3.8, 4) is 0 Å². The molecule has 0 aromatic heterocycles. The number of nitrogens with zero attached hydrogens (tertiary/aromatic N) is 1. The van der Waals surface area contributed by atoms with Gasteiger partial charge >= 0.3 is 5.97 Å². The van der Waals surface area contributed by atoms with E-state index in [1.165, 1.54) is 23.1 Å². The van der Waals surface area contributed by atoms with Gasteiger partial charge < -0.3 is 15.3 Å². The van der Waals surface area contributed by atoms with Gasteiger partial charge in [0.1, 0.15) is 11.9 Å². The molecule has 0 saturated carbocycles. The first-order valence-corrected chi connectivity index (χ1v) is 7.05. The third kappa shape index (κ3) is 4.03. The van der Waals surface area contributed by atoms with Crippen molar-refractivity contribution in [1.29, 1.82) is 0 Å². The van der Waals surface area contributed by atoms with Gasteiger partial charge in [0.15, 0.2) is 0 Å². The largest absolute Gasteiger partial charge is 0.480 e. The summed E-state index contributed by atoms with van der Waals surface area (Å²) in [4.78, 5) is 36.1. The van der Waals surface area contributed by atoms with Crippen molar-refractivity contribution in [3.05, 3.63) is 30.1 Å². The number of carbonyl (C=O) groups is 3. The number of nitrogens with one attached hydrogen (secondary N) is 1. The Balaban J connectivity index is 1.83. The lowest BCUT2D eigenvalue weighted by molar-refractivity contribution is -0.148. The number of rotatable bonds is 5. The maximum absolute atomic E-state index is 13.0. The minimum atomic E-state index is -1.02. The van der Waals surface area contributed by atoms with E-state index >= 15 is 0 Å². The molecule has 1 unspecified atom stereocenters. The Hall–Kier alpha value is -2.44. The maximum atomic E-state index is 13.0. The predicted octanol–water partition coefficient (Wildman–Crippen LogP) is 1.62. The molecule has 1 saturated heterocycles. The van der Waals surface area contributed by atoms with Crippen LogP contribution in [0.25, 0.3) is 0 Å². The zero-order chi connectivity index (χ0) is 16.1. The summed E-state index contributed by atoms with van der Waals surface area (Å²) in [5.41, 5.74) is 0.321. The van der Waals surface area contributed by atoms with Crippen molar-refractivity contribution >= 4 is 23.5 Å². The van der Waals surface area contributed by atoms with Gasteiger partial charge in [-0.2, -0.15) is 0 Å². The Labute approximate surface area is 126 Å². The SMILES string of the molecule is O=C(CCC(=O)N1CCCC1C(=O)O)Nc1cccc(F)c1. The van der Waals surface area contributed by atoms with Gasteiger partial charge in [-0.25, -0.2) is 9.18 Å². The summed E-state index contributed by atoms with van der Waals surface area (Å²) >= 11 is 0. The lowest BCUT2D eigenvalue weighted by Gasteiger charge is -2.21. The van der Waals surface area contributed by atoms with E-state index in [4.69, 9.17) is 5.11 Å². The van der Waals surface area contributed by atoms with Crippen LogP contribution in [0.5, 0.6) is 0 Å². The van der Waals surface area contributed by atoms with Gasteiger partial charge in [0.05, 0.1) is 0 Å². The third-order valence-corrected chi connectivity index (χ3v) is 3.53. The molecule has 6 nitrogen and oxygen atoms in total. The Morgan fingerprint density at radius 3 is 2.77 bits per heavy atom. The molecule has 2 rings (SSSR count).